The number of para-hydroxylation sites is 1. The maximum atomic E-state index is 7.45. The number of benzene rings is 5. The van der Waals surface area contributed by atoms with Crippen molar-refractivity contribution in [1.82, 2.24) is 9.55 Å². The minimum absolute atomic E-state index is 0.0175. The van der Waals surface area contributed by atoms with Gasteiger partial charge in [0.05, 0.1) is 16.7 Å². The van der Waals surface area contributed by atoms with Gasteiger partial charge in [0.1, 0.15) is 5.54 Å². The van der Waals surface area contributed by atoms with E-state index in [9.17, 15) is 0 Å². The summed E-state index contributed by atoms with van der Waals surface area (Å²) < 4.78 is 9.86. The van der Waals surface area contributed by atoms with Crippen molar-refractivity contribution in [2.24, 2.45) is 4.99 Å². The fourth-order valence-electron chi connectivity index (χ4n) is 9.89. The molecule has 0 saturated carbocycles. The molecule has 0 radical (unpaired) electrons. The molecule has 2 aliphatic rings. The molecular weight excluding hydrogens is 719 g/mol. The van der Waals surface area contributed by atoms with Crippen LogP contribution in [0.2, 0.25) is 0 Å². The molecule has 4 heteroatoms. The summed E-state index contributed by atoms with van der Waals surface area (Å²) in [4.78, 5) is 10.6. The first-order valence-electron chi connectivity index (χ1n) is 21.3. The molecule has 0 amide bonds. The van der Waals surface area contributed by atoms with E-state index in [4.69, 9.17) is 14.7 Å². The summed E-state index contributed by atoms with van der Waals surface area (Å²) in [6, 6.07) is 42.4. The molecule has 0 bridgehead atoms. The molecule has 59 heavy (non-hydrogen) atoms. The maximum absolute atomic E-state index is 7.45. The second-order valence-electron chi connectivity index (χ2n) is 21.1. The number of ether oxygens (including phenoxy) is 1. The summed E-state index contributed by atoms with van der Waals surface area (Å²) in [5.74, 6) is 0.691. The Kier molecular flexibility index (Phi) is 8.44. The summed E-state index contributed by atoms with van der Waals surface area (Å²) in [6.45, 7) is 30.1. The van der Waals surface area contributed by atoms with Gasteiger partial charge < -0.3 is 9.30 Å². The van der Waals surface area contributed by atoms with Crippen LogP contribution in [0.3, 0.4) is 0 Å². The van der Waals surface area contributed by atoms with Crippen LogP contribution in [0.25, 0.3) is 49.9 Å². The Labute approximate surface area is 351 Å². The maximum Gasteiger partial charge on any atom is 0.217 e. The van der Waals surface area contributed by atoms with Crippen LogP contribution in [0.1, 0.15) is 123 Å². The van der Waals surface area contributed by atoms with E-state index in [1.807, 2.05) is 6.20 Å². The van der Waals surface area contributed by atoms with Gasteiger partial charge in [0, 0.05) is 44.8 Å². The third-order valence-corrected chi connectivity index (χ3v) is 13.8. The zero-order valence-electron chi connectivity index (χ0n) is 37.3. The predicted molar refractivity (Wildman–Crippen MR) is 248 cm³/mol. The minimum Gasteiger partial charge on any atom is -0.464 e. The molecule has 0 fully saturated rings. The van der Waals surface area contributed by atoms with Crippen LogP contribution in [0.15, 0.2) is 126 Å². The average Bonchev–Trinajstić information content (AvgIpc) is 3.72. The van der Waals surface area contributed by atoms with Crippen molar-refractivity contribution in [2.45, 2.75) is 123 Å². The summed E-state index contributed by atoms with van der Waals surface area (Å²) in [6.07, 6.45) is 1.94. The molecule has 5 aromatic carbocycles. The zero-order chi connectivity index (χ0) is 42.1. The van der Waals surface area contributed by atoms with E-state index < -0.39 is 11.1 Å². The lowest BCUT2D eigenvalue weighted by Gasteiger charge is -2.40. The summed E-state index contributed by atoms with van der Waals surface area (Å²) >= 11 is 0. The fourth-order valence-corrected chi connectivity index (χ4v) is 9.89. The highest BCUT2D eigenvalue weighted by molar-refractivity contribution is 6.10. The number of aromatic nitrogens is 2. The van der Waals surface area contributed by atoms with Crippen LogP contribution in [-0.2, 0) is 32.0 Å². The Morgan fingerprint density at radius 2 is 1.20 bits per heavy atom. The van der Waals surface area contributed by atoms with Gasteiger partial charge in [-0.05, 0) is 106 Å². The van der Waals surface area contributed by atoms with Gasteiger partial charge in [0.2, 0.25) is 5.90 Å². The molecule has 0 saturated heterocycles. The zero-order valence-corrected chi connectivity index (χ0v) is 37.3. The number of rotatable bonds is 4. The Morgan fingerprint density at radius 3 is 1.90 bits per heavy atom. The van der Waals surface area contributed by atoms with Gasteiger partial charge in [-0.3, -0.25) is 4.98 Å². The normalized spacial score (nSPS) is 20.1. The third kappa shape index (κ3) is 5.92. The summed E-state index contributed by atoms with van der Waals surface area (Å²) in [5, 5.41) is 2.42. The standard InChI is InChI=1S/C55H59N3O/c1-50(2,3)38-25-26-56-45(33-38)35-23-24-42-41-21-17-18-22-46(41)58(47(42)30-35)40-28-36(34-19-15-14-16-20-34)27-37(29-40)49-57-55(13)53(10,11)48-43(52(7,8)9)31-39(51(4,5)6)32-44(48)54(55,12)59-49/h14-33H,1-13H3/t54-,55+/m0/s1. The second kappa shape index (κ2) is 12.8. The lowest BCUT2D eigenvalue weighted by molar-refractivity contribution is 0.0190. The molecule has 0 N–H and O–H groups in total. The largest absolute Gasteiger partial charge is 0.464 e. The number of nitrogens with zero attached hydrogens (tertiary/aromatic N) is 3. The van der Waals surface area contributed by atoms with Gasteiger partial charge in [-0.2, -0.15) is 0 Å². The number of pyridine rings is 1. The predicted octanol–water partition coefficient (Wildman–Crippen LogP) is 14.1. The SMILES string of the molecule is CC(C)(C)c1ccnc(-c2ccc3c4ccccc4n(-c4cc(C5=N[C@]6(C)C(C)(C)c7c(C(C)(C)C)cc(C(C)(C)C)cc7[C@]6(C)O5)cc(-c5ccccc5)c4)c3c2)c1. The van der Waals surface area contributed by atoms with Crippen molar-refractivity contribution < 1.29 is 4.74 Å². The molecule has 3 heterocycles. The van der Waals surface area contributed by atoms with Gasteiger partial charge in [0.15, 0.2) is 5.60 Å². The van der Waals surface area contributed by atoms with Crippen LogP contribution in [-0.4, -0.2) is 21.0 Å². The van der Waals surface area contributed by atoms with Crippen LogP contribution in [0, 0.1) is 0 Å². The van der Waals surface area contributed by atoms with E-state index in [-0.39, 0.29) is 21.7 Å². The highest BCUT2D eigenvalue weighted by Crippen LogP contribution is 2.64. The van der Waals surface area contributed by atoms with Crippen molar-refractivity contribution >= 4 is 27.7 Å². The first-order chi connectivity index (χ1) is 27.6. The Morgan fingerprint density at radius 1 is 0.542 bits per heavy atom. The highest BCUT2D eigenvalue weighted by atomic mass is 16.5. The van der Waals surface area contributed by atoms with Gasteiger partial charge in [0.25, 0.3) is 0 Å². The van der Waals surface area contributed by atoms with Crippen LogP contribution in [0.5, 0.6) is 0 Å². The van der Waals surface area contributed by atoms with Gasteiger partial charge in [-0.25, -0.2) is 4.99 Å². The summed E-state index contributed by atoms with van der Waals surface area (Å²) in [7, 11) is 0. The molecule has 7 aromatic rings. The number of fused-ring (bicyclic) bond motifs is 6. The Hall–Kier alpha value is -5.48. The first-order valence-corrected chi connectivity index (χ1v) is 21.3. The van der Waals surface area contributed by atoms with Gasteiger partial charge in [-0.1, -0.05) is 149 Å². The molecule has 0 spiro atoms. The van der Waals surface area contributed by atoms with Gasteiger partial charge in [-0.15, -0.1) is 0 Å². The van der Waals surface area contributed by atoms with Crippen molar-refractivity contribution in [1.29, 1.82) is 0 Å². The topological polar surface area (TPSA) is 39.4 Å². The van der Waals surface area contributed by atoms with Crippen molar-refractivity contribution in [2.75, 3.05) is 0 Å². The van der Waals surface area contributed by atoms with Gasteiger partial charge >= 0.3 is 0 Å². The Bertz CT molecular complexity index is 2850. The molecule has 0 unspecified atom stereocenters. The molecule has 1 aliphatic carbocycles. The lowest BCUT2D eigenvalue weighted by atomic mass is 9.67. The van der Waals surface area contributed by atoms with E-state index in [1.54, 1.807) is 0 Å². The molecule has 2 atom stereocenters. The van der Waals surface area contributed by atoms with Crippen LogP contribution < -0.4 is 0 Å². The highest BCUT2D eigenvalue weighted by Gasteiger charge is 2.68. The smallest absolute Gasteiger partial charge is 0.217 e. The molecular formula is C55H59N3O. The summed E-state index contributed by atoms with van der Waals surface area (Å²) in [5.41, 5.74) is 13.7. The molecule has 9 rings (SSSR count). The van der Waals surface area contributed by atoms with Crippen LogP contribution >= 0.6 is 0 Å². The third-order valence-electron chi connectivity index (χ3n) is 13.8. The first kappa shape index (κ1) is 39.0. The minimum atomic E-state index is -0.679. The van der Waals surface area contributed by atoms with E-state index >= 15 is 0 Å². The van der Waals surface area contributed by atoms with E-state index in [1.165, 1.54) is 38.6 Å². The van der Waals surface area contributed by atoms with Crippen molar-refractivity contribution in [3.05, 3.63) is 155 Å². The molecule has 1 aliphatic heterocycles. The van der Waals surface area contributed by atoms with E-state index in [0.717, 1.165) is 44.7 Å². The van der Waals surface area contributed by atoms with Crippen molar-refractivity contribution in [3.63, 3.8) is 0 Å². The van der Waals surface area contributed by atoms with Crippen molar-refractivity contribution in [3.8, 4) is 28.1 Å². The molecule has 2 aromatic heterocycles. The molecule has 300 valence electrons. The Balaban J connectivity index is 1.27. The number of hydrogen-bond donors (Lipinski definition) is 0. The lowest BCUT2D eigenvalue weighted by Crippen LogP contribution is -2.49. The average molecular weight is 778 g/mol. The quantitative estimate of drug-likeness (QED) is 0.179. The molecule has 4 nitrogen and oxygen atoms in total. The van der Waals surface area contributed by atoms with Crippen LogP contribution in [0.4, 0.5) is 0 Å². The van der Waals surface area contributed by atoms with E-state index in [2.05, 4.69) is 210 Å². The monoisotopic (exact) mass is 777 g/mol. The number of hydrogen-bond acceptors (Lipinski definition) is 3. The second-order valence-corrected chi connectivity index (χ2v) is 21.1. The fraction of sp³-hybridized carbons (Fsp3) is 0.345. The van der Waals surface area contributed by atoms with E-state index in [0.29, 0.717) is 5.90 Å². The number of aliphatic imine (C=N–C) groups is 1.